The van der Waals surface area contributed by atoms with Gasteiger partial charge in [-0.15, -0.1) is 0 Å². The molecule has 0 aromatic heterocycles. The molecule has 0 aliphatic heterocycles. The first-order chi connectivity index (χ1) is 23.3. The van der Waals surface area contributed by atoms with Crippen LogP contribution >= 0.6 is 0 Å². The molecule has 0 heterocycles. The van der Waals surface area contributed by atoms with Crippen LogP contribution in [0.2, 0.25) is 0 Å². The van der Waals surface area contributed by atoms with E-state index in [-0.39, 0.29) is 22.9 Å². The van der Waals surface area contributed by atoms with Crippen LogP contribution < -0.4 is 0 Å². The Balaban J connectivity index is 1.51. The van der Waals surface area contributed by atoms with Crippen molar-refractivity contribution < 1.29 is 39.5 Å². The smallest absolute Gasteiger partial charge is 0.338 e. The van der Waals surface area contributed by atoms with E-state index < -0.39 is 70.5 Å². The first-order valence-corrected chi connectivity index (χ1v) is 18.7. The van der Waals surface area contributed by atoms with Crippen LogP contribution in [0.5, 0.6) is 0 Å². The molecule has 0 spiro atoms. The average molecular weight is 693 g/mol. The molecular formula is C42H60O8. The van der Waals surface area contributed by atoms with Gasteiger partial charge in [0.15, 0.2) is 6.10 Å². The lowest BCUT2D eigenvalue weighted by molar-refractivity contribution is -0.289. The number of rotatable bonds is 5. The molecule has 1 aromatic rings. The number of carbonyl (C=O) groups excluding carboxylic acids is 2. The van der Waals surface area contributed by atoms with Gasteiger partial charge in [0.25, 0.3) is 0 Å². The summed E-state index contributed by atoms with van der Waals surface area (Å²) in [5.41, 5.74) is -2.21. The Labute approximate surface area is 298 Å². The maximum Gasteiger partial charge on any atom is 0.338 e. The highest BCUT2D eigenvalue weighted by molar-refractivity contribution is 5.90. The van der Waals surface area contributed by atoms with E-state index in [9.17, 15) is 30.0 Å². The van der Waals surface area contributed by atoms with E-state index in [1.807, 2.05) is 13.8 Å². The Morgan fingerprint density at radius 1 is 0.880 bits per heavy atom. The molecular weight excluding hydrogens is 632 g/mol. The van der Waals surface area contributed by atoms with Crippen LogP contribution in [0.4, 0.5) is 0 Å². The van der Waals surface area contributed by atoms with Crippen LogP contribution in [0.25, 0.3) is 0 Å². The summed E-state index contributed by atoms with van der Waals surface area (Å²) in [4.78, 5) is 27.3. The number of esters is 2. The van der Waals surface area contributed by atoms with Gasteiger partial charge in [0.1, 0.15) is 6.10 Å². The minimum Gasteiger partial charge on any atom is -0.454 e. The SMILES string of the molecule is C/C=C(/C)C(=O)O[C@H]1[C@H](OC(=O)c2ccccc2)[C@@]2(CO)C(CC1(C)C)C1=CCC3[C@@]4(C)CC[C@H](O)C(C)(C)C4CC[C@@]3(C)[C@]1(C)[C@@H](O)[C@H]2O. The molecule has 8 heteroatoms. The van der Waals surface area contributed by atoms with Gasteiger partial charge in [-0.1, -0.05) is 84.4 Å². The zero-order chi connectivity index (χ0) is 36.8. The van der Waals surface area contributed by atoms with Crippen molar-refractivity contribution in [1.82, 2.24) is 0 Å². The molecule has 5 aliphatic rings. The highest BCUT2D eigenvalue weighted by Gasteiger charge is 2.76. The fourth-order valence-corrected chi connectivity index (χ4v) is 12.4. The number of fused-ring (bicyclic) bond motifs is 7. The fraction of sp³-hybridized carbons (Fsp3) is 0.714. The van der Waals surface area contributed by atoms with Crippen LogP contribution in [-0.4, -0.2) is 69.5 Å². The minimum absolute atomic E-state index is 0.0828. The van der Waals surface area contributed by atoms with Gasteiger partial charge in [0.05, 0.1) is 35.9 Å². The topological polar surface area (TPSA) is 134 Å². The number of ether oxygens (including phenoxy) is 2. The van der Waals surface area contributed by atoms with Crippen molar-refractivity contribution >= 4 is 11.9 Å². The number of hydrogen-bond acceptors (Lipinski definition) is 8. The van der Waals surface area contributed by atoms with E-state index in [0.29, 0.717) is 23.5 Å². The molecule has 4 saturated carbocycles. The molecule has 4 N–H and O–H groups in total. The lowest BCUT2D eigenvalue weighted by Gasteiger charge is -2.73. The van der Waals surface area contributed by atoms with E-state index in [4.69, 9.17) is 9.47 Å². The molecule has 276 valence electrons. The molecule has 50 heavy (non-hydrogen) atoms. The van der Waals surface area contributed by atoms with E-state index in [2.05, 4.69) is 40.7 Å². The predicted octanol–water partition coefficient (Wildman–Crippen LogP) is 6.41. The molecule has 0 radical (unpaired) electrons. The van der Waals surface area contributed by atoms with Crippen LogP contribution in [0.3, 0.4) is 0 Å². The molecule has 5 aliphatic carbocycles. The normalized spacial score (nSPS) is 44.7. The van der Waals surface area contributed by atoms with Gasteiger partial charge < -0.3 is 29.9 Å². The highest BCUT2D eigenvalue weighted by Crippen LogP contribution is 2.76. The van der Waals surface area contributed by atoms with E-state index in [0.717, 1.165) is 37.7 Å². The number of aliphatic hydroxyl groups is 4. The third kappa shape index (κ3) is 4.90. The molecule has 0 bridgehead atoms. The molecule has 0 amide bonds. The summed E-state index contributed by atoms with van der Waals surface area (Å²) in [6.07, 6.45) is 3.03. The quantitative estimate of drug-likeness (QED) is 0.158. The Morgan fingerprint density at radius 2 is 1.54 bits per heavy atom. The lowest BCUT2D eigenvalue weighted by Crippen LogP contribution is -2.76. The Hall–Kier alpha value is -2.52. The van der Waals surface area contributed by atoms with Crippen molar-refractivity contribution in [2.24, 2.45) is 50.2 Å². The summed E-state index contributed by atoms with van der Waals surface area (Å²) >= 11 is 0. The van der Waals surface area contributed by atoms with Gasteiger partial charge in [0.2, 0.25) is 0 Å². The standard InChI is InChI=1S/C42H60O8/c1-10-24(2)35(47)49-33-34(50-36(48)25-14-12-11-13-15-25)42(23-43)27(22-37(33,3)4)26-16-17-29-39(7)20-19-30(44)38(5,6)28(39)18-21-40(29,8)41(26,9)31(45)32(42)46/h10-16,27-34,43-46H,17-23H2,1-9H3/b24-10-/t27?,28?,29?,30-,31-,32+,33-,34-,39-,40+,41-,42-/m0/s1. The molecule has 4 fully saturated rings. The van der Waals surface area contributed by atoms with E-state index in [1.54, 1.807) is 50.3 Å². The van der Waals surface area contributed by atoms with Crippen LogP contribution in [0, 0.1) is 50.2 Å². The fourth-order valence-electron chi connectivity index (χ4n) is 12.4. The third-order valence-corrected chi connectivity index (χ3v) is 15.7. The second kappa shape index (κ2) is 12.3. The van der Waals surface area contributed by atoms with Crippen LogP contribution in [-0.2, 0) is 14.3 Å². The third-order valence-electron chi connectivity index (χ3n) is 15.7. The lowest BCUT2D eigenvalue weighted by atomic mass is 9.32. The molecule has 12 atom stereocenters. The first kappa shape index (κ1) is 37.2. The summed E-state index contributed by atoms with van der Waals surface area (Å²) in [5.74, 6) is -1.20. The Morgan fingerprint density at radius 3 is 2.16 bits per heavy atom. The summed E-state index contributed by atoms with van der Waals surface area (Å²) in [5, 5.41) is 48.0. The molecule has 0 saturated heterocycles. The zero-order valence-electron chi connectivity index (χ0n) is 31.5. The van der Waals surface area contributed by atoms with Crippen molar-refractivity contribution in [3.8, 4) is 0 Å². The van der Waals surface area contributed by atoms with Crippen molar-refractivity contribution in [2.75, 3.05) is 6.61 Å². The van der Waals surface area contributed by atoms with Gasteiger partial charge in [-0.05, 0) is 98.5 Å². The Kier molecular flexibility index (Phi) is 9.15. The molecule has 8 nitrogen and oxygen atoms in total. The van der Waals surface area contributed by atoms with E-state index >= 15 is 0 Å². The van der Waals surface area contributed by atoms with Gasteiger partial charge >= 0.3 is 11.9 Å². The van der Waals surface area contributed by atoms with Gasteiger partial charge in [0, 0.05) is 16.4 Å². The maximum absolute atomic E-state index is 13.9. The van der Waals surface area contributed by atoms with Crippen molar-refractivity contribution in [3.63, 3.8) is 0 Å². The zero-order valence-corrected chi connectivity index (χ0v) is 31.5. The first-order valence-electron chi connectivity index (χ1n) is 18.7. The second-order valence-electron chi connectivity index (χ2n) is 18.4. The Bertz CT molecular complexity index is 1560. The van der Waals surface area contributed by atoms with Gasteiger partial charge in [-0.3, -0.25) is 0 Å². The molecule has 3 unspecified atom stereocenters. The van der Waals surface area contributed by atoms with Crippen LogP contribution in [0.1, 0.15) is 111 Å². The molecule has 1 aromatic carbocycles. The monoisotopic (exact) mass is 692 g/mol. The summed E-state index contributed by atoms with van der Waals surface area (Å²) in [6.45, 7) is 18.0. The van der Waals surface area contributed by atoms with Gasteiger partial charge in [-0.2, -0.15) is 0 Å². The number of allylic oxidation sites excluding steroid dienone is 2. The maximum atomic E-state index is 13.9. The number of aliphatic hydroxyl groups excluding tert-OH is 4. The van der Waals surface area contributed by atoms with Crippen molar-refractivity contribution in [2.45, 2.75) is 131 Å². The van der Waals surface area contributed by atoms with Gasteiger partial charge in [-0.25, -0.2) is 9.59 Å². The van der Waals surface area contributed by atoms with E-state index in [1.165, 1.54) is 0 Å². The number of benzene rings is 1. The second-order valence-corrected chi connectivity index (χ2v) is 18.4. The van der Waals surface area contributed by atoms with Crippen LogP contribution in [0.15, 0.2) is 53.6 Å². The largest absolute Gasteiger partial charge is 0.454 e. The molecule has 6 rings (SSSR count). The summed E-state index contributed by atoms with van der Waals surface area (Å²) < 4.78 is 12.6. The minimum atomic E-state index is -1.55. The van der Waals surface area contributed by atoms with Crippen molar-refractivity contribution in [1.29, 1.82) is 0 Å². The number of carbonyl (C=O) groups is 2. The predicted molar refractivity (Wildman–Crippen MR) is 191 cm³/mol. The van der Waals surface area contributed by atoms with Crippen molar-refractivity contribution in [3.05, 3.63) is 59.2 Å². The number of hydrogen-bond donors (Lipinski definition) is 4. The summed E-state index contributed by atoms with van der Waals surface area (Å²) in [6, 6.07) is 8.54. The highest BCUT2D eigenvalue weighted by atomic mass is 16.6. The summed E-state index contributed by atoms with van der Waals surface area (Å²) in [7, 11) is 0. The average Bonchev–Trinajstić information content (AvgIpc) is 3.07.